The summed E-state index contributed by atoms with van der Waals surface area (Å²) in [5, 5.41) is 21.6. The zero-order chi connectivity index (χ0) is 35.8. The Morgan fingerprint density at radius 2 is 0.833 bits per heavy atom. The van der Waals surface area contributed by atoms with E-state index in [9.17, 15) is 29.4 Å². The molecular weight excluding hydrogens is 671 g/mol. The molecule has 1 radical (unpaired) electrons. The third kappa shape index (κ3) is 25.9. The van der Waals surface area contributed by atoms with E-state index in [0.29, 0.717) is 12.2 Å². The smallest absolute Gasteiger partial charge is 0.867 e. The van der Waals surface area contributed by atoms with Crippen LogP contribution >= 0.6 is 0 Å². The van der Waals surface area contributed by atoms with Crippen molar-refractivity contribution in [2.24, 2.45) is 0 Å². The van der Waals surface area contributed by atoms with Gasteiger partial charge in [-0.25, -0.2) is 19.2 Å². The minimum atomic E-state index is -1.05. The van der Waals surface area contributed by atoms with Gasteiger partial charge in [0.15, 0.2) is 0 Å². The minimum absolute atomic E-state index is 0. The third-order valence-electron chi connectivity index (χ3n) is 5.12. The Labute approximate surface area is 294 Å². The summed E-state index contributed by atoms with van der Waals surface area (Å²) in [5.74, 6) is -5.76. The fraction of sp³-hybridized carbons (Fsp3) is 0.471. The first-order valence-corrected chi connectivity index (χ1v) is 14.7. The van der Waals surface area contributed by atoms with Crippen molar-refractivity contribution in [3.05, 3.63) is 83.9 Å². The first-order chi connectivity index (χ1) is 21.4. The van der Waals surface area contributed by atoms with Gasteiger partial charge in [0.05, 0.1) is 26.4 Å². The van der Waals surface area contributed by atoms with Gasteiger partial charge in [-0.3, -0.25) is 9.97 Å². The van der Waals surface area contributed by atoms with Gasteiger partial charge in [-0.05, 0) is 85.4 Å². The summed E-state index contributed by atoms with van der Waals surface area (Å²) < 4.78 is 17.5. The molecule has 2 N–H and O–H groups in total. The third-order valence-corrected chi connectivity index (χ3v) is 5.12. The first kappa shape index (κ1) is 50.6. The predicted octanol–water partition coefficient (Wildman–Crippen LogP) is 2.64. The largest absolute Gasteiger partial charge is 2.00 e. The molecule has 0 aromatic carbocycles. The Morgan fingerprint density at radius 1 is 0.583 bits per heavy atom. The van der Waals surface area contributed by atoms with E-state index < -0.39 is 35.4 Å². The summed E-state index contributed by atoms with van der Waals surface area (Å²) in [4.78, 5) is 50.6. The van der Waals surface area contributed by atoms with Crippen molar-refractivity contribution in [3.63, 3.8) is 0 Å². The van der Waals surface area contributed by atoms with Crippen LogP contribution in [0.5, 0.6) is 0 Å². The molecule has 14 heteroatoms. The number of carbonyl (C=O) groups excluding carboxylic acids is 4. The monoisotopic (exact) mass is 721 g/mol. The summed E-state index contributed by atoms with van der Waals surface area (Å²) >= 11 is 0. The SMILES string of the molecule is CC(C)(C)c1ccncc1.CC(C)(C)c1ccncc1.CCOC(=O)/C=C(\[O-])C(=O)OCC.CCOC(=O)/C=C(\[O-])C(=O)OCC.O.[Co+2]. The van der Waals surface area contributed by atoms with Crippen LogP contribution in [0.4, 0.5) is 0 Å². The Kier molecular flexibility index (Phi) is 29.3. The van der Waals surface area contributed by atoms with Gasteiger partial charge < -0.3 is 34.6 Å². The standard InChI is InChI=1S/2C9H13N.2C8H12O5.Co.H2O/c2*1-9(2,3)8-4-6-10-7-5-8;2*1-3-12-7(10)5-6(9)8(11)13-4-2;;/h2*4-7H,1-3H3;2*5,9H,3-4H2,1-2H3;;1H2/q;;;;+2;/p-2/b;;2*6-5-;;. The molecule has 0 saturated heterocycles. The maximum absolute atomic E-state index is 10.8. The number of pyridine rings is 2. The number of hydrogen-bond acceptors (Lipinski definition) is 12. The number of ether oxygens (including phenoxy) is 4. The van der Waals surface area contributed by atoms with E-state index in [1.165, 1.54) is 11.1 Å². The van der Waals surface area contributed by atoms with Crippen LogP contribution in [0.25, 0.3) is 0 Å². The van der Waals surface area contributed by atoms with Crippen molar-refractivity contribution in [1.29, 1.82) is 0 Å². The second kappa shape index (κ2) is 27.8. The van der Waals surface area contributed by atoms with Crippen LogP contribution in [0.1, 0.15) is 80.4 Å². The van der Waals surface area contributed by atoms with Gasteiger partial charge in [0.25, 0.3) is 0 Å². The first-order valence-electron chi connectivity index (χ1n) is 14.7. The predicted molar refractivity (Wildman–Crippen MR) is 172 cm³/mol. The number of aromatic nitrogens is 2. The van der Waals surface area contributed by atoms with Crippen LogP contribution in [0.3, 0.4) is 0 Å². The Hall–Kier alpha value is -4.27. The zero-order valence-electron chi connectivity index (χ0n) is 29.4. The number of rotatable bonds is 8. The number of carbonyl (C=O) groups is 4. The summed E-state index contributed by atoms with van der Waals surface area (Å²) in [5.41, 5.74) is 3.18. The summed E-state index contributed by atoms with van der Waals surface area (Å²) in [7, 11) is 0. The average Bonchev–Trinajstić information content (AvgIpc) is 2.98. The molecular formula is C34H50CoN2O11. The molecule has 2 aromatic heterocycles. The Morgan fingerprint density at radius 3 is 1.02 bits per heavy atom. The van der Waals surface area contributed by atoms with Crippen molar-refractivity contribution in [2.75, 3.05) is 26.4 Å². The quantitative estimate of drug-likeness (QED) is 0.167. The van der Waals surface area contributed by atoms with Crippen LogP contribution in [-0.4, -0.2) is 65.7 Å². The topological polar surface area (TPSA) is 209 Å². The molecule has 2 rings (SSSR count). The van der Waals surface area contributed by atoms with E-state index in [1.54, 1.807) is 27.7 Å². The maximum Gasteiger partial charge on any atom is 2.00 e. The molecule has 0 atom stereocenters. The van der Waals surface area contributed by atoms with Crippen LogP contribution < -0.4 is 10.2 Å². The van der Waals surface area contributed by atoms with E-state index >= 15 is 0 Å². The molecule has 0 aliphatic rings. The Balaban J connectivity index is -0.000000267. The van der Waals surface area contributed by atoms with Crippen LogP contribution in [-0.2, 0) is 65.7 Å². The minimum Gasteiger partial charge on any atom is -0.867 e. The van der Waals surface area contributed by atoms with Gasteiger partial charge in [-0.1, -0.05) is 41.5 Å². The summed E-state index contributed by atoms with van der Waals surface area (Å²) in [6, 6.07) is 8.22. The molecule has 2 aromatic rings. The van der Waals surface area contributed by atoms with Gasteiger partial charge in [-0.15, -0.1) is 0 Å². The van der Waals surface area contributed by atoms with Crippen LogP contribution in [0.2, 0.25) is 0 Å². The normalized spacial score (nSPS) is 10.6. The molecule has 0 spiro atoms. The van der Waals surface area contributed by atoms with Gasteiger partial charge in [0, 0.05) is 36.9 Å². The molecule has 0 bridgehead atoms. The Bertz CT molecular complexity index is 1140. The molecule has 2 heterocycles. The summed E-state index contributed by atoms with van der Waals surface area (Å²) in [6.45, 7) is 20.0. The number of hydrogen-bond donors (Lipinski definition) is 0. The fourth-order valence-electron chi connectivity index (χ4n) is 2.81. The zero-order valence-corrected chi connectivity index (χ0v) is 30.5. The average molecular weight is 722 g/mol. The van der Waals surface area contributed by atoms with Crippen molar-refractivity contribution in [2.45, 2.75) is 80.1 Å². The van der Waals surface area contributed by atoms with Crippen molar-refractivity contribution < 1.29 is 70.6 Å². The van der Waals surface area contributed by atoms with Crippen molar-refractivity contribution >= 4 is 23.9 Å². The maximum atomic E-state index is 10.8. The van der Waals surface area contributed by atoms with E-state index in [-0.39, 0.29) is 59.5 Å². The van der Waals surface area contributed by atoms with E-state index in [0.717, 1.165) is 0 Å². The van der Waals surface area contributed by atoms with Gasteiger partial charge in [0.2, 0.25) is 0 Å². The molecule has 48 heavy (non-hydrogen) atoms. The molecule has 0 saturated carbocycles. The molecule has 0 unspecified atom stereocenters. The molecule has 0 fully saturated rings. The molecule has 0 aliphatic carbocycles. The second-order valence-corrected chi connectivity index (χ2v) is 10.9. The molecule has 0 aliphatic heterocycles. The molecule has 13 nitrogen and oxygen atoms in total. The van der Waals surface area contributed by atoms with E-state index in [2.05, 4.69) is 94.7 Å². The van der Waals surface area contributed by atoms with Crippen molar-refractivity contribution in [3.8, 4) is 0 Å². The van der Waals surface area contributed by atoms with Crippen LogP contribution in [0.15, 0.2) is 72.7 Å². The van der Waals surface area contributed by atoms with Crippen molar-refractivity contribution in [1.82, 2.24) is 9.97 Å². The number of nitrogens with zero attached hydrogens (tertiary/aromatic N) is 2. The van der Waals surface area contributed by atoms with E-state index in [4.69, 9.17) is 0 Å². The second-order valence-electron chi connectivity index (χ2n) is 10.9. The van der Waals surface area contributed by atoms with Gasteiger partial charge in [0.1, 0.15) is 0 Å². The van der Waals surface area contributed by atoms with E-state index in [1.807, 2.05) is 24.8 Å². The summed E-state index contributed by atoms with van der Waals surface area (Å²) in [6.07, 6.45) is 8.48. The molecule has 0 amide bonds. The van der Waals surface area contributed by atoms with Crippen LogP contribution in [0, 0.1) is 0 Å². The van der Waals surface area contributed by atoms with Gasteiger partial charge >= 0.3 is 40.7 Å². The fourth-order valence-corrected chi connectivity index (χ4v) is 2.81. The molecule has 271 valence electrons. The van der Waals surface area contributed by atoms with Gasteiger partial charge in [-0.2, -0.15) is 0 Å². The number of esters is 4.